The summed E-state index contributed by atoms with van der Waals surface area (Å²) in [6.07, 6.45) is 1.68. The lowest BCUT2D eigenvalue weighted by atomic mass is 10.1. The van der Waals surface area contributed by atoms with Gasteiger partial charge in [-0.3, -0.25) is 14.3 Å². The topological polar surface area (TPSA) is 103 Å². The maximum absolute atomic E-state index is 12.8. The highest BCUT2D eigenvalue weighted by atomic mass is 16.5. The largest absolute Gasteiger partial charge is 0.492 e. The molecule has 0 saturated heterocycles. The third-order valence-electron chi connectivity index (χ3n) is 5.23. The predicted molar refractivity (Wildman–Crippen MR) is 129 cm³/mol. The van der Waals surface area contributed by atoms with Crippen molar-refractivity contribution in [3.05, 3.63) is 78.0 Å². The maximum atomic E-state index is 12.8. The zero-order valence-corrected chi connectivity index (χ0v) is 19.6. The maximum Gasteiger partial charge on any atom is 0.309 e. The number of carboxylic acids is 1. The highest BCUT2D eigenvalue weighted by Crippen LogP contribution is 2.23. The molecule has 0 fully saturated rings. The first-order chi connectivity index (χ1) is 16.3. The zero-order chi connectivity index (χ0) is 24.7. The van der Waals surface area contributed by atoms with Crippen molar-refractivity contribution in [2.24, 2.45) is 13.0 Å². The molecule has 0 saturated carbocycles. The van der Waals surface area contributed by atoms with Gasteiger partial charge in [-0.25, -0.2) is 0 Å². The van der Waals surface area contributed by atoms with Crippen molar-refractivity contribution in [1.29, 1.82) is 0 Å². The standard InChI is InChI=1S/C26H29N3O5/c1-5-12-33-21-9-7-20(8-10-21)22-14-23(29(4)28-22)25(30)27-15-19-6-11-24(17(2)13-19)34-16-18(3)26(31)32/h5-11,13-14,18H,1,12,15-16H2,2-4H3,(H,27,30)(H,31,32). The summed E-state index contributed by atoms with van der Waals surface area (Å²) in [4.78, 5) is 23.7. The number of aromatic nitrogens is 2. The molecule has 2 N–H and O–H groups in total. The summed E-state index contributed by atoms with van der Waals surface area (Å²) in [6.45, 7) is 7.98. The Balaban J connectivity index is 1.61. The first-order valence-electron chi connectivity index (χ1n) is 10.9. The third-order valence-corrected chi connectivity index (χ3v) is 5.23. The van der Waals surface area contributed by atoms with E-state index in [-0.39, 0.29) is 12.5 Å². The van der Waals surface area contributed by atoms with Gasteiger partial charge in [-0.2, -0.15) is 5.10 Å². The molecule has 0 spiro atoms. The second-order valence-corrected chi connectivity index (χ2v) is 8.00. The summed E-state index contributed by atoms with van der Waals surface area (Å²) in [5, 5.41) is 16.4. The van der Waals surface area contributed by atoms with E-state index < -0.39 is 11.9 Å². The van der Waals surface area contributed by atoms with Crippen molar-refractivity contribution in [2.45, 2.75) is 20.4 Å². The fraction of sp³-hybridized carbons (Fsp3) is 0.269. The number of amides is 1. The molecule has 0 aliphatic rings. The molecular weight excluding hydrogens is 434 g/mol. The molecule has 1 heterocycles. The number of nitrogens with one attached hydrogen (secondary N) is 1. The van der Waals surface area contributed by atoms with Crippen LogP contribution < -0.4 is 14.8 Å². The van der Waals surface area contributed by atoms with E-state index in [1.807, 2.05) is 43.3 Å². The van der Waals surface area contributed by atoms with Crippen LogP contribution in [0.2, 0.25) is 0 Å². The molecule has 2 aromatic carbocycles. The molecule has 34 heavy (non-hydrogen) atoms. The van der Waals surface area contributed by atoms with E-state index in [1.165, 1.54) is 0 Å². The minimum atomic E-state index is -0.898. The number of aliphatic carboxylic acids is 1. The number of carbonyl (C=O) groups is 2. The van der Waals surface area contributed by atoms with E-state index in [0.29, 0.717) is 30.3 Å². The Morgan fingerprint density at radius 1 is 1.18 bits per heavy atom. The van der Waals surface area contributed by atoms with Gasteiger partial charge < -0.3 is 19.9 Å². The Morgan fingerprint density at radius 3 is 2.56 bits per heavy atom. The number of hydrogen-bond donors (Lipinski definition) is 2. The molecular formula is C26H29N3O5. The fourth-order valence-electron chi connectivity index (χ4n) is 3.24. The number of ether oxygens (including phenoxy) is 2. The molecule has 1 amide bonds. The van der Waals surface area contributed by atoms with Crippen LogP contribution in [0.25, 0.3) is 11.3 Å². The first kappa shape index (κ1) is 24.6. The number of benzene rings is 2. The molecule has 3 rings (SSSR count). The normalized spacial score (nSPS) is 11.5. The van der Waals surface area contributed by atoms with Crippen LogP contribution in [0.1, 0.15) is 28.5 Å². The summed E-state index contributed by atoms with van der Waals surface area (Å²) in [7, 11) is 1.73. The molecule has 1 aromatic heterocycles. The van der Waals surface area contributed by atoms with Crippen LogP contribution in [0.15, 0.2) is 61.2 Å². The SMILES string of the molecule is C=CCOc1ccc(-c2cc(C(=O)NCc3ccc(OCC(C)C(=O)O)c(C)c3)n(C)n2)cc1. The van der Waals surface area contributed by atoms with Crippen molar-refractivity contribution in [3.63, 3.8) is 0 Å². The van der Waals surface area contributed by atoms with Crippen molar-refractivity contribution in [2.75, 3.05) is 13.2 Å². The molecule has 0 bridgehead atoms. The van der Waals surface area contributed by atoms with Gasteiger partial charge in [-0.15, -0.1) is 0 Å². The summed E-state index contributed by atoms with van der Waals surface area (Å²) >= 11 is 0. The van der Waals surface area contributed by atoms with Crippen LogP contribution in [0.3, 0.4) is 0 Å². The number of nitrogens with zero attached hydrogens (tertiary/aromatic N) is 2. The van der Waals surface area contributed by atoms with E-state index in [1.54, 1.807) is 36.9 Å². The van der Waals surface area contributed by atoms with Gasteiger partial charge in [0, 0.05) is 19.2 Å². The van der Waals surface area contributed by atoms with Gasteiger partial charge >= 0.3 is 5.97 Å². The second-order valence-electron chi connectivity index (χ2n) is 8.00. The lowest BCUT2D eigenvalue weighted by molar-refractivity contribution is -0.142. The summed E-state index contributed by atoms with van der Waals surface area (Å²) < 4.78 is 12.7. The molecule has 0 aliphatic heterocycles. The van der Waals surface area contributed by atoms with Crippen molar-refractivity contribution in [1.82, 2.24) is 15.1 Å². The minimum absolute atomic E-state index is 0.0969. The third kappa shape index (κ3) is 6.25. The number of aryl methyl sites for hydroxylation is 2. The monoisotopic (exact) mass is 463 g/mol. The Labute approximate surface area is 198 Å². The Hall–Kier alpha value is -4.07. The molecule has 8 nitrogen and oxygen atoms in total. The Bertz CT molecular complexity index is 1170. The average molecular weight is 464 g/mol. The summed E-state index contributed by atoms with van der Waals surface area (Å²) in [5.74, 6) is -0.364. The van der Waals surface area contributed by atoms with Crippen LogP contribution in [0.5, 0.6) is 11.5 Å². The molecule has 0 radical (unpaired) electrons. The highest BCUT2D eigenvalue weighted by molar-refractivity contribution is 5.93. The van der Waals surface area contributed by atoms with Gasteiger partial charge in [-0.1, -0.05) is 24.8 Å². The van der Waals surface area contributed by atoms with Crippen LogP contribution in [-0.4, -0.2) is 40.0 Å². The predicted octanol–water partition coefficient (Wildman–Crippen LogP) is 3.99. The first-order valence-corrected chi connectivity index (χ1v) is 10.9. The van der Waals surface area contributed by atoms with E-state index in [9.17, 15) is 9.59 Å². The van der Waals surface area contributed by atoms with Gasteiger partial charge in [-0.05, 0) is 61.4 Å². The fourth-order valence-corrected chi connectivity index (χ4v) is 3.24. The van der Waals surface area contributed by atoms with Gasteiger partial charge in [0.15, 0.2) is 0 Å². The molecule has 1 unspecified atom stereocenters. The van der Waals surface area contributed by atoms with Crippen molar-refractivity contribution >= 4 is 11.9 Å². The number of carboxylic acid groups (broad SMARTS) is 1. The van der Waals surface area contributed by atoms with Crippen LogP contribution in [0, 0.1) is 12.8 Å². The van der Waals surface area contributed by atoms with Gasteiger partial charge in [0.05, 0.1) is 11.6 Å². The quantitative estimate of drug-likeness (QED) is 0.417. The molecule has 1 atom stereocenters. The summed E-state index contributed by atoms with van der Waals surface area (Å²) in [6, 6.07) is 14.8. The molecule has 3 aromatic rings. The van der Waals surface area contributed by atoms with Crippen LogP contribution in [0.4, 0.5) is 0 Å². The Kier molecular flexibility index (Phi) is 8.08. The van der Waals surface area contributed by atoms with Crippen molar-refractivity contribution < 1.29 is 24.2 Å². The molecule has 8 heteroatoms. The molecule has 178 valence electrons. The van der Waals surface area contributed by atoms with Gasteiger partial charge in [0.1, 0.15) is 30.4 Å². The number of hydrogen-bond acceptors (Lipinski definition) is 5. The van der Waals surface area contributed by atoms with E-state index in [2.05, 4.69) is 17.0 Å². The Morgan fingerprint density at radius 2 is 1.91 bits per heavy atom. The zero-order valence-electron chi connectivity index (χ0n) is 19.6. The van der Waals surface area contributed by atoms with Gasteiger partial charge in [0.2, 0.25) is 0 Å². The minimum Gasteiger partial charge on any atom is -0.492 e. The second kappa shape index (κ2) is 11.2. The van der Waals surface area contributed by atoms with Crippen LogP contribution in [-0.2, 0) is 18.4 Å². The lowest BCUT2D eigenvalue weighted by Crippen LogP contribution is -2.25. The van der Waals surface area contributed by atoms with Gasteiger partial charge in [0.25, 0.3) is 5.91 Å². The number of carbonyl (C=O) groups excluding carboxylic acids is 1. The number of rotatable bonds is 11. The highest BCUT2D eigenvalue weighted by Gasteiger charge is 2.15. The van der Waals surface area contributed by atoms with E-state index in [4.69, 9.17) is 14.6 Å². The van der Waals surface area contributed by atoms with Crippen LogP contribution >= 0.6 is 0 Å². The smallest absolute Gasteiger partial charge is 0.309 e. The summed E-state index contributed by atoms with van der Waals surface area (Å²) in [5.41, 5.74) is 3.79. The average Bonchev–Trinajstić information content (AvgIpc) is 3.22. The van der Waals surface area contributed by atoms with E-state index >= 15 is 0 Å². The van der Waals surface area contributed by atoms with Crippen molar-refractivity contribution in [3.8, 4) is 22.8 Å². The van der Waals surface area contributed by atoms with E-state index in [0.717, 1.165) is 22.4 Å². The molecule has 0 aliphatic carbocycles. The lowest BCUT2D eigenvalue weighted by Gasteiger charge is -2.13.